The number of nitrogens with two attached hydrogens (primary N) is 1. The Balaban J connectivity index is 2.16. The lowest BCUT2D eigenvalue weighted by molar-refractivity contribution is 0.276. The lowest BCUT2D eigenvalue weighted by Gasteiger charge is -2.10. The average molecular weight is 233 g/mol. The molecule has 0 bridgehead atoms. The summed E-state index contributed by atoms with van der Waals surface area (Å²) in [6.07, 6.45) is 0.609. The first kappa shape index (κ1) is 11.3. The lowest BCUT2D eigenvalue weighted by atomic mass is 10.0. The first-order chi connectivity index (χ1) is 7.81. The van der Waals surface area contributed by atoms with E-state index in [1.54, 1.807) is 11.3 Å². The third-order valence-corrected chi connectivity index (χ3v) is 3.50. The minimum Gasteiger partial charge on any atom is -0.396 e. The molecule has 0 spiro atoms. The molecule has 0 unspecified atom stereocenters. The van der Waals surface area contributed by atoms with Gasteiger partial charge in [0.1, 0.15) is 0 Å². The van der Waals surface area contributed by atoms with Crippen molar-refractivity contribution in [3.05, 3.63) is 47.3 Å². The van der Waals surface area contributed by atoms with E-state index in [4.69, 9.17) is 10.8 Å². The largest absolute Gasteiger partial charge is 0.396 e. The fraction of sp³-hybridized carbons (Fsp3) is 0.231. The van der Waals surface area contributed by atoms with Crippen molar-refractivity contribution in [3.63, 3.8) is 0 Å². The second-order valence-electron chi connectivity index (χ2n) is 3.72. The van der Waals surface area contributed by atoms with E-state index >= 15 is 0 Å². The van der Waals surface area contributed by atoms with Gasteiger partial charge in [-0.15, -0.1) is 11.3 Å². The third kappa shape index (κ3) is 2.50. The summed E-state index contributed by atoms with van der Waals surface area (Å²) in [5, 5.41) is 10.9. The summed E-state index contributed by atoms with van der Waals surface area (Å²) >= 11 is 1.73. The Kier molecular flexibility index (Phi) is 3.72. The van der Waals surface area contributed by atoms with E-state index in [1.807, 2.05) is 18.2 Å². The number of thiophene rings is 1. The molecule has 3 heteroatoms. The molecular formula is C13H15NOS. The Hall–Kier alpha value is -1.16. The molecule has 0 radical (unpaired) electrons. The maximum atomic E-state index is 8.82. The number of aliphatic hydroxyl groups excluding tert-OH is 1. The van der Waals surface area contributed by atoms with Crippen molar-refractivity contribution in [2.45, 2.75) is 12.5 Å². The predicted molar refractivity (Wildman–Crippen MR) is 68.4 cm³/mol. The van der Waals surface area contributed by atoms with Gasteiger partial charge >= 0.3 is 0 Å². The van der Waals surface area contributed by atoms with Crippen molar-refractivity contribution >= 4 is 11.3 Å². The van der Waals surface area contributed by atoms with Gasteiger partial charge in [0.05, 0.1) is 0 Å². The highest BCUT2D eigenvalue weighted by molar-refractivity contribution is 7.13. The molecule has 16 heavy (non-hydrogen) atoms. The van der Waals surface area contributed by atoms with Gasteiger partial charge in [-0.3, -0.25) is 0 Å². The fourth-order valence-electron chi connectivity index (χ4n) is 1.64. The highest BCUT2D eigenvalue weighted by Crippen LogP contribution is 2.26. The van der Waals surface area contributed by atoms with E-state index in [2.05, 4.69) is 23.6 Å². The van der Waals surface area contributed by atoms with Gasteiger partial charge in [0.15, 0.2) is 0 Å². The molecule has 1 heterocycles. The number of aliphatic hydroxyl groups is 1. The molecule has 2 nitrogen and oxygen atoms in total. The van der Waals surface area contributed by atoms with Crippen LogP contribution in [0.1, 0.15) is 18.0 Å². The lowest BCUT2D eigenvalue weighted by Crippen LogP contribution is -2.11. The molecule has 1 aromatic carbocycles. The Morgan fingerprint density at radius 3 is 2.50 bits per heavy atom. The smallest absolute Gasteiger partial charge is 0.0449 e. The number of rotatable bonds is 4. The van der Waals surface area contributed by atoms with Gasteiger partial charge in [0.2, 0.25) is 0 Å². The number of hydrogen-bond donors (Lipinski definition) is 2. The maximum Gasteiger partial charge on any atom is 0.0449 e. The van der Waals surface area contributed by atoms with Crippen LogP contribution < -0.4 is 5.73 Å². The molecule has 84 valence electrons. The van der Waals surface area contributed by atoms with E-state index in [9.17, 15) is 0 Å². The van der Waals surface area contributed by atoms with Crippen LogP contribution in [-0.2, 0) is 0 Å². The molecular weight excluding hydrogens is 218 g/mol. The minimum atomic E-state index is -0.0672. The van der Waals surface area contributed by atoms with Gasteiger partial charge in [0.25, 0.3) is 0 Å². The van der Waals surface area contributed by atoms with Crippen LogP contribution in [0.5, 0.6) is 0 Å². The summed E-state index contributed by atoms with van der Waals surface area (Å²) < 4.78 is 0. The van der Waals surface area contributed by atoms with E-state index in [1.165, 1.54) is 10.4 Å². The minimum absolute atomic E-state index is 0.0672. The van der Waals surface area contributed by atoms with Gasteiger partial charge in [-0.1, -0.05) is 30.3 Å². The Bertz CT molecular complexity index is 422. The number of benzene rings is 1. The van der Waals surface area contributed by atoms with Crippen LogP contribution in [0, 0.1) is 0 Å². The number of hydrogen-bond acceptors (Lipinski definition) is 3. The summed E-state index contributed by atoms with van der Waals surface area (Å²) in [6.45, 7) is 0.133. The molecule has 0 saturated heterocycles. The quantitative estimate of drug-likeness (QED) is 0.853. The molecule has 2 rings (SSSR count). The molecule has 0 saturated carbocycles. The zero-order valence-corrected chi connectivity index (χ0v) is 9.78. The summed E-state index contributed by atoms with van der Waals surface area (Å²) in [6, 6.07) is 12.3. The monoisotopic (exact) mass is 233 g/mol. The first-order valence-corrected chi connectivity index (χ1v) is 6.19. The van der Waals surface area contributed by atoms with Gasteiger partial charge in [0, 0.05) is 17.5 Å². The summed E-state index contributed by atoms with van der Waals surface area (Å²) in [4.78, 5) is 1.27. The van der Waals surface area contributed by atoms with Gasteiger partial charge in [-0.25, -0.2) is 0 Å². The normalized spacial score (nSPS) is 12.6. The predicted octanol–water partition coefficient (Wildman–Crippen LogP) is 2.80. The average Bonchev–Trinajstić information content (AvgIpc) is 2.83. The van der Waals surface area contributed by atoms with Crippen LogP contribution in [-0.4, -0.2) is 11.7 Å². The molecule has 1 aromatic heterocycles. The van der Waals surface area contributed by atoms with Crippen LogP contribution in [0.4, 0.5) is 0 Å². The summed E-state index contributed by atoms with van der Waals surface area (Å²) in [5.41, 5.74) is 8.21. The zero-order valence-electron chi connectivity index (χ0n) is 8.97. The summed E-state index contributed by atoms with van der Waals surface area (Å²) in [7, 11) is 0. The highest BCUT2D eigenvalue weighted by Gasteiger charge is 2.05. The van der Waals surface area contributed by atoms with Crippen molar-refractivity contribution in [1.82, 2.24) is 0 Å². The second kappa shape index (κ2) is 5.25. The van der Waals surface area contributed by atoms with E-state index < -0.39 is 0 Å². The van der Waals surface area contributed by atoms with Crippen molar-refractivity contribution in [2.75, 3.05) is 6.61 Å². The maximum absolute atomic E-state index is 8.82. The first-order valence-electron chi connectivity index (χ1n) is 5.31. The van der Waals surface area contributed by atoms with E-state index in [0.717, 1.165) is 5.56 Å². The SMILES string of the molecule is N[C@@H](CCO)c1ccc(-c2cccs2)cc1. The molecule has 0 aliphatic rings. The molecule has 1 atom stereocenters. The van der Waals surface area contributed by atoms with Crippen molar-refractivity contribution in [1.29, 1.82) is 0 Å². The van der Waals surface area contributed by atoms with Crippen LogP contribution in [0.2, 0.25) is 0 Å². The van der Waals surface area contributed by atoms with E-state index in [0.29, 0.717) is 6.42 Å². The molecule has 0 amide bonds. The van der Waals surface area contributed by atoms with Crippen LogP contribution in [0.15, 0.2) is 41.8 Å². The molecule has 3 N–H and O–H groups in total. The Morgan fingerprint density at radius 2 is 1.94 bits per heavy atom. The van der Waals surface area contributed by atoms with Crippen LogP contribution in [0.3, 0.4) is 0 Å². The van der Waals surface area contributed by atoms with Crippen LogP contribution in [0.25, 0.3) is 10.4 Å². The highest BCUT2D eigenvalue weighted by atomic mass is 32.1. The Labute approximate surface area is 99.4 Å². The van der Waals surface area contributed by atoms with Gasteiger partial charge < -0.3 is 10.8 Å². The second-order valence-corrected chi connectivity index (χ2v) is 4.67. The summed E-state index contributed by atoms with van der Waals surface area (Å²) in [5.74, 6) is 0. The standard InChI is InChI=1S/C13H15NOS/c14-12(7-8-15)10-3-5-11(6-4-10)13-2-1-9-16-13/h1-6,9,12,15H,7-8,14H2/t12-/m0/s1. The van der Waals surface area contributed by atoms with Crippen LogP contribution >= 0.6 is 11.3 Å². The van der Waals surface area contributed by atoms with E-state index in [-0.39, 0.29) is 12.6 Å². The topological polar surface area (TPSA) is 46.2 Å². The van der Waals surface area contributed by atoms with Crippen molar-refractivity contribution in [3.8, 4) is 10.4 Å². The Morgan fingerprint density at radius 1 is 1.19 bits per heavy atom. The fourth-order valence-corrected chi connectivity index (χ4v) is 2.38. The van der Waals surface area contributed by atoms with Gasteiger partial charge in [-0.05, 0) is 29.0 Å². The third-order valence-electron chi connectivity index (χ3n) is 2.58. The zero-order chi connectivity index (χ0) is 11.4. The molecule has 0 aliphatic heterocycles. The molecule has 0 aliphatic carbocycles. The van der Waals surface area contributed by atoms with Gasteiger partial charge in [-0.2, -0.15) is 0 Å². The van der Waals surface area contributed by atoms with Crippen molar-refractivity contribution < 1.29 is 5.11 Å². The van der Waals surface area contributed by atoms with Crippen molar-refractivity contribution in [2.24, 2.45) is 5.73 Å². The molecule has 0 fully saturated rings. The molecule has 2 aromatic rings.